The molecule has 0 aliphatic carbocycles. The first kappa shape index (κ1) is 9.43. The maximum Gasteiger partial charge on any atom is 0.117 e. The molecule has 0 aromatic carbocycles. The van der Waals surface area contributed by atoms with Gasteiger partial charge < -0.3 is 10.2 Å². The highest BCUT2D eigenvalue weighted by Crippen LogP contribution is 2.36. The predicted octanol–water partition coefficient (Wildman–Crippen LogP) is 1.73. The molecule has 2 N–H and O–H groups in total. The van der Waals surface area contributed by atoms with E-state index in [0.29, 0.717) is 18.1 Å². The average Bonchev–Trinajstić information content (AvgIpc) is 2.77. The van der Waals surface area contributed by atoms with Crippen LogP contribution in [0.4, 0.5) is 0 Å². The first-order valence-electron chi connectivity index (χ1n) is 5.86. The van der Waals surface area contributed by atoms with Crippen LogP contribution in [-0.2, 0) is 6.54 Å². The second-order valence-corrected chi connectivity index (χ2v) is 4.87. The van der Waals surface area contributed by atoms with E-state index in [9.17, 15) is 0 Å². The van der Waals surface area contributed by atoms with Crippen molar-refractivity contribution in [3.63, 3.8) is 0 Å². The van der Waals surface area contributed by atoms with Crippen LogP contribution in [0.2, 0.25) is 0 Å². The van der Waals surface area contributed by atoms with Crippen molar-refractivity contribution in [2.75, 3.05) is 0 Å². The van der Waals surface area contributed by atoms with Crippen molar-refractivity contribution >= 4 is 0 Å². The lowest BCUT2D eigenvalue weighted by atomic mass is 9.98. The minimum atomic E-state index is 0.426. The van der Waals surface area contributed by atoms with Crippen molar-refractivity contribution in [3.8, 4) is 0 Å². The second kappa shape index (κ2) is 3.65. The number of nitrogens with two attached hydrogens (primary N) is 1. The van der Waals surface area contributed by atoms with Gasteiger partial charge in [0.15, 0.2) is 0 Å². The van der Waals surface area contributed by atoms with E-state index < -0.39 is 0 Å². The van der Waals surface area contributed by atoms with E-state index in [4.69, 9.17) is 10.2 Å². The molecule has 15 heavy (non-hydrogen) atoms. The zero-order chi connectivity index (χ0) is 10.3. The van der Waals surface area contributed by atoms with Crippen LogP contribution >= 0.6 is 0 Å². The standard InChI is InChI=1S/C12H18N2O/c13-9-6-10-3-4-11(7-9)14(10)8-12-2-1-5-15-12/h1-2,5,9-11H,3-4,6-8,13H2. The number of piperidine rings is 1. The van der Waals surface area contributed by atoms with Gasteiger partial charge in [0.2, 0.25) is 0 Å². The maximum absolute atomic E-state index is 6.04. The minimum Gasteiger partial charge on any atom is -0.468 e. The SMILES string of the molecule is NC1CC2CCC(C1)N2Cc1ccco1. The zero-order valence-electron chi connectivity index (χ0n) is 8.93. The number of fused-ring (bicyclic) bond motifs is 2. The molecule has 2 atom stereocenters. The van der Waals surface area contributed by atoms with Crippen LogP contribution in [0.3, 0.4) is 0 Å². The Kier molecular flexibility index (Phi) is 2.29. The molecule has 2 saturated heterocycles. The molecule has 2 fully saturated rings. The molecule has 2 aliphatic heterocycles. The molecule has 2 unspecified atom stereocenters. The average molecular weight is 206 g/mol. The Morgan fingerprint density at radius 2 is 2.07 bits per heavy atom. The molecule has 2 aliphatic rings. The molecule has 2 bridgehead atoms. The summed E-state index contributed by atoms with van der Waals surface area (Å²) in [5, 5.41) is 0. The molecule has 1 aromatic heterocycles. The summed E-state index contributed by atoms with van der Waals surface area (Å²) in [6.45, 7) is 0.967. The summed E-state index contributed by atoms with van der Waals surface area (Å²) in [7, 11) is 0. The van der Waals surface area contributed by atoms with Gasteiger partial charge in [-0.05, 0) is 37.8 Å². The third-order valence-corrected chi connectivity index (χ3v) is 3.84. The molecule has 0 saturated carbocycles. The zero-order valence-corrected chi connectivity index (χ0v) is 8.93. The number of furan rings is 1. The Bertz CT molecular complexity index is 308. The van der Waals surface area contributed by atoms with Gasteiger partial charge in [-0.1, -0.05) is 0 Å². The van der Waals surface area contributed by atoms with E-state index in [0.717, 1.165) is 25.1 Å². The Hall–Kier alpha value is -0.800. The molecule has 0 radical (unpaired) electrons. The van der Waals surface area contributed by atoms with Gasteiger partial charge in [0, 0.05) is 18.1 Å². The smallest absolute Gasteiger partial charge is 0.117 e. The van der Waals surface area contributed by atoms with Crippen LogP contribution in [0.25, 0.3) is 0 Å². The Labute approximate surface area is 90.2 Å². The first-order valence-corrected chi connectivity index (χ1v) is 5.86. The summed E-state index contributed by atoms with van der Waals surface area (Å²) in [4.78, 5) is 2.59. The Morgan fingerprint density at radius 3 is 2.67 bits per heavy atom. The number of hydrogen-bond acceptors (Lipinski definition) is 3. The van der Waals surface area contributed by atoms with Crippen molar-refractivity contribution in [1.29, 1.82) is 0 Å². The molecule has 0 spiro atoms. The van der Waals surface area contributed by atoms with E-state index in [-0.39, 0.29) is 0 Å². The Balaban J connectivity index is 1.72. The molecule has 1 aromatic rings. The lowest BCUT2D eigenvalue weighted by Crippen LogP contribution is -2.46. The van der Waals surface area contributed by atoms with Crippen molar-refractivity contribution < 1.29 is 4.42 Å². The summed E-state index contributed by atoms with van der Waals surface area (Å²) in [6.07, 6.45) is 6.72. The summed E-state index contributed by atoms with van der Waals surface area (Å²) in [5.41, 5.74) is 6.04. The van der Waals surface area contributed by atoms with Gasteiger partial charge in [-0.15, -0.1) is 0 Å². The largest absolute Gasteiger partial charge is 0.468 e. The summed E-state index contributed by atoms with van der Waals surface area (Å²) < 4.78 is 5.41. The minimum absolute atomic E-state index is 0.426. The van der Waals surface area contributed by atoms with Crippen molar-refractivity contribution in [2.24, 2.45) is 5.73 Å². The van der Waals surface area contributed by atoms with Crippen LogP contribution in [0, 0.1) is 0 Å². The molecule has 3 heteroatoms. The van der Waals surface area contributed by atoms with Gasteiger partial charge in [0.05, 0.1) is 12.8 Å². The number of rotatable bonds is 2. The Morgan fingerprint density at radius 1 is 1.33 bits per heavy atom. The molecule has 3 heterocycles. The second-order valence-electron chi connectivity index (χ2n) is 4.87. The third-order valence-electron chi connectivity index (χ3n) is 3.84. The maximum atomic E-state index is 6.04. The summed E-state index contributed by atoms with van der Waals surface area (Å²) >= 11 is 0. The van der Waals surface area contributed by atoms with Crippen LogP contribution in [0.5, 0.6) is 0 Å². The topological polar surface area (TPSA) is 42.4 Å². The van der Waals surface area contributed by atoms with E-state index in [1.807, 2.05) is 6.07 Å². The molecule has 3 rings (SSSR count). The van der Waals surface area contributed by atoms with Crippen LogP contribution in [-0.4, -0.2) is 23.0 Å². The summed E-state index contributed by atoms with van der Waals surface area (Å²) in [5.74, 6) is 1.09. The van der Waals surface area contributed by atoms with Crippen molar-refractivity contribution in [2.45, 2.75) is 50.4 Å². The van der Waals surface area contributed by atoms with Gasteiger partial charge in [-0.3, -0.25) is 4.90 Å². The fraction of sp³-hybridized carbons (Fsp3) is 0.667. The normalized spacial score (nSPS) is 35.9. The molecular weight excluding hydrogens is 188 g/mol. The lowest BCUT2D eigenvalue weighted by molar-refractivity contribution is 0.111. The van der Waals surface area contributed by atoms with Gasteiger partial charge in [-0.2, -0.15) is 0 Å². The van der Waals surface area contributed by atoms with Gasteiger partial charge >= 0.3 is 0 Å². The predicted molar refractivity (Wildman–Crippen MR) is 58.3 cm³/mol. The molecule has 0 amide bonds. The fourth-order valence-electron chi connectivity index (χ4n) is 3.16. The highest BCUT2D eigenvalue weighted by atomic mass is 16.3. The van der Waals surface area contributed by atoms with Gasteiger partial charge in [0.25, 0.3) is 0 Å². The fourth-order valence-corrected chi connectivity index (χ4v) is 3.16. The van der Waals surface area contributed by atoms with E-state index >= 15 is 0 Å². The van der Waals surface area contributed by atoms with Crippen LogP contribution in [0.15, 0.2) is 22.8 Å². The van der Waals surface area contributed by atoms with Gasteiger partial charge in [0.1, 0.15) is 5.76 Å². The highest BCUT2D eigenvalue weighted by Gasteiger charge is 2.39. The number of nitrogens with zero attached hydrogens (tertiary/aromatic N) is 1. The van der Waals surface area contributed by atoms with Crippen molar-refractivity contribution in [1.82, 2.24) is 4.90 Å². The van der Waals surface area contributed by atoms with Crippen LogP contribution < -0.4 is 5.73 Å². The lowest BCUT2D eigenvalue weighted by Gasteiger charge is -2.37. The van der Waals surface area contributed by atoms with E-state index in [2.05, 4.69) is 11.0 Å². The number of hydrogen-bond donors (Lipinski definition) is 1. The molecule has 3 nitrogen and oxygen atoms in total. The summed E-state index contributed by atoms with van der Waals surface area (Å²) in [6, 6.07) is 5.85. The third kappa shape index (κ3) is 1.70. The van der Waals surface area contributed by atoms with E-state index in [1.54, 1.807) is 6.26 Å². The molecule has 82 valence electrons. The van der Waals surface area contributed by atoms with Crippen LogP contribution in [0.1, 0.15) is 31.4 Å². The molecular formula is C12H18N2O. The monoisotopic (exact) mass is 206 g/mol. The highest BCUT2D eigenvalue weighted by molar-refractivity contribution is 5.03. The van der Waals surface area contributed by atoms with Gasteiger partial charge in [-0.25, -0.2) is 0 Å². The first-order chi connectivity index (χ1) is 7.33. The van der Waals surface area contributed by atoms with E-state index in [1.165, 1.54) is 12.8 Å². The quantitative estimate of drug-likeness (QED) is 0.801. The van der Waals surface area contributed by atoms with Crippen molar-refractivity contribution in [3.05, 3.63) is 24.2 Å².